The van der Waals surface area contributed by atoms with Crippen molar-refractivity contribution in [3.05, 3.63) is 83.6 Å². The van der Waals surface area contributed by atoms with Crippen LogP contribution in [-0.4, -0.2) is 66.1 Å². The van der Waals surface area contributed by atoms with Gasteiger partial charge in [0.05, 0.1) is 6.42 Å². The Kier molecular flexibility index (Phi) is 7.66. The average Bonchev–Trinajstić information content (AvgIpc) is 3.30. The highest BCUT2D eigenvalue weighted by atomic mass is 16.1. The summed E-state index contributed by atoms with van der Waals surface area (Å²) in [5, 5.41) is 1.13. The van der Waals surface area contributed by atoms with Crippen molar-refractivity contribution in [1.29, 1.82) is 0 Å². The van der Waals surface area contributed by atoms with Crippen LogP contribution in [0.2, 0.25) is 0 Å². The third-order valence-corrected chi connectivity index (χ3v) is 6.14. The molecule has 1 aliphatic heterocycles. The number of benzene rings is 2. The van der Waals surface area contributed by atoms with Gasteiger partial charge in [-0.25, -0.2) is 0 Å². The summed E-state index contributed by atoms with van der Waals surface area (Å²) in [6, 6.07) is 16.2. The zero-order valence-electron chi connectivity index (χ0n) is 19.2. The molecule has 0 unspecified atom stereocenters. The zero-order valence-corrected chi connectivity index (χ0v) is 19.2. The molecule has 0 aliphatic carbocycles. The van der Waals surface area contributed by atoms with Crippen molar-refractivity contribution in [3.63, 3.8) is 0 Å². The molecule has 0 radical (unpaired) electrons. The van der Waals surface area contributed by atoms with Crippen LogP contribution < -0.4 is 0 Å². The van der Waals surface area contributed by atoms with Gasteiger partial charge >= 0.3 is 0 Å². The molecule has 1 aromatic heterocycles. The van der Waals surface area contributed by atoms with E-state index in [0.29, 0.717) is 0 Å². The number of aromatic nitrogens is 1. The molecule has 2 aromatic carbocycles. The Hall–Kier alpha value is -3.28. The van der Waals surface area contributed by atoms with Crippen LogP contribution in [0.25, 0.3) is 23.1 Å². The van der Waals surface area contributed by atoms with E-state index in [-0.39, 0.29) is 18.0 Å². The smallest absolute Gasteiger partial charge is 0.163 e. The molecule has 0 amide bonds. The van der Waals surface area contributed by atoms with Crippen LogP contribution in [0, 0.1) is 0 Å². The Morgan fingerprint density at radius 2 is 1.55 bits per heavy atom. The van der Waals surface area contributed by atoms with Gasteiger partial charge in [0.15, 0.2) is 11.6 Å². The van der Waals surface area contributed by atoms with Crippen LogP contribution in [0.4, 0.5) is 0 Å². The lowest BCUT2D eigenvalue weighted by Gasteiger charge is -2.32. The Bertz CT molecular complexity index is 1150. The minimum absolute atomic E-state index is 0.124. The second-order valence-corrected chi connectivity index (χ2v) is 8.74. The predicted molar refractivity (Wildman–Crippen MR) is 135 cm³/mol. The third kappa shape index (κ3) is 6.85. The first-order valence-corrected chi connectivity index (χ1v) is 11.5. The van der Waals surface area contributed by atoms with Crippen molar-refractivity contribution in [2.75, 3.05) is 39.8 Å². The average molecular weight is 442 g/mol. The SMILES string of the molecule is CN1CCN(CCc2ccc(/C=C/C(=O)CC(=O)/C=C/c3ccc4cc[nH]c4c3)cc2)CC1. The Labute approximate surface area is 195 Å². The lowest BCUT2D eigenvalue weighted by atomic mass is 10.1. The summed E-state index contributed by atoms with van der Waals surface area (Å²) in [6.07, 6.45) is 9.30. The number of fused-ring (bicyclic) bond motifs is 1. The van der Waals surface area contributed by atoms with Crippen molar-refractivity contribution < 1.29 is 9.59 Å². The van der Waals surface area contributed by atoms with Gasteiger partial charge in [-0.15, -0.1) is 0 Å². The Balaban J connectivity index is 1.22. The van der Waals surface area contributed by atoms with E-state index in [1.54, 1.807) is 12.2 Å². The first-order valence-electron chi connectivity index (χ1n) is 11.5. The van der Waals surface area contributed by atoms with Crippen LogP contribution in [0.15, 0.2) is 66.9 Å². The highest BCUT2D eigenvalue weighted by Crippen LogP contribution is 2.15. The second kappa shape index (κ2) is 11.0. The number of carbonyl (C=O) groups excluding carboxylic acids is 2. The second-order valence-electron chi connectivity index (χ2n) is 8.74. The third-order valence-electron chi connectivity index (χ3n) is 6.14. The maximum atomic E-state index is 12.2. The van der Waals surface area contributed by atoms with Crippen LogP contribution >= 0.6 is 0 Å². The lowest BCUT2D eigenvalue weighted by Crippen LogP contribution is -2.45. The van der Waals surface area contributed by atoms with E-state index in [1.807, 2.05) is 42.6 Å². The number of ketones is 2. The van der Waals surface area contributed by atoms with Crippen LogP contribution in [-0.2, 0) is 16.0 Å². The van der Waals surface area contributed by atoms with E-state index in [0.717, 1.165) is 61.2 Å². The number of nitrogens with zero attached hydrogens (tertiary/aromatic N) is 2. The Morgan fingerprint density at radius 1 is 0.879 bits per heavy atom. The van der Waals surface area contributed by atoms with Gasteiger partial charge in [0, 0.05) is 44.4 Å². The van der Waals surface area contributed by atoms with E-state index in [2.05, 4.69) is 34.0 Å². The zero-order chi connectivity index (χ0) is 23.0. The van der Waals surface area contributed by atoms with Crippen molar-refractivity contribution in [3.8, 4) is 0 Å². The molecule has 5 nitrogen and oxygen atoms in total. The van der Waals surface area contributed by atoms with Gasteiger partial charge in [-0.3, -0.25) is 9.59 Å². The molecule has 5 heteroatoms. The number of hydrogen-bond acceptors (Lipinski definition) is 4. The molecule has 0 spiro atoms. The van der Waals surface area contributed by atoms with E-state index in [4.69, 9.17) is 0 Å². The number of allylic oxidation sites excluding steroid dienone is 2. The van der Waals surface area contributed by atoms with E-state index >= 15 is 0 Å². The van der Waals surface area contributed by atoms with Crippen molar-refractivity contribution in [1.82, 2.24) is 14.8 Å². The van der Waals surface area contributed by atoms with Gasteiger partial charge in [0.2, 0.25) is 0 Å². The standard InChI is InChI=1S/C28H31N3O2/c1-30-16-18-31(19-17-30)15-13-23-4-2-22(3-5-23)7-10-26(32)21-27(33)11-8-24-6-9-25-12-14-29-28(25)20-24/h2-12,14,20,29H,13,15-19,21H2,1H3/b10-7+,11-8+. The van der Waals surface area contributed by atoms with Gasteiger partial charge in [0.1, 0.15) is 0 Å². The number of likely N-dealkylation sites (N-methyl/N-ethyl adjacent to an activating group) is 1. The highest BCUT2D eigenvalue weighted by Gasteiger charge is 2.13. The number of aromatic amines is 1. The quantitative estimate of drug-likeness (QED) is 0.399. The summed E-state index contributed by atoms with van der Waals surface area (Å²) in [5.41, 5.74) is 4.21. The topological polar surface area (TPSA) is 56.4 Å². The fourth-order valence-electron chi connectivity index (χ4n) is 3.99. The number of H-pyrrole nitrogens is 1. The summed E-state index contributed by atoms with van der Waals surface area (Å²) >= 11 is 0. The van der Waals surface area contributed by atoms with Crippen molar-refractivity contribution in [2.45, 2.75) is 12.8 Å². The molecular formula is C28H31N3O2. The van der Waals surface area contributed by atoms with Gasteiger partial charge in [0.25, 0.3) is 0 Å². The summed E-state index contributed by atoms with van der Waals surface area (Å²) in [4.78, 5) is 32.4. The van der Waals surface area contributed by atoms with Gasteiger partial charge < -0.3 is 14.8 Å². The van der Waals surface area contributed by atoms with E-state index in [1.165, 1.54) is 17.7 Å². The predicted octanol–water partition coefficient (Wildman–Crippen LogP) is 4.21. The van der Waals surface area contributed by atoms with Crippen molar-refractivity contribution in [2.24, 2.45) is 0 Å². The van der Waals surface area contributed by atoms with E-state index < -0.39 is 0 Å². The van der Waals surface area contributed by atoms with Crippen LogP contribution in [0.1, 0.15) is 23.1 Å². The van der Waals surface area contributed by atoms with E-state index in [9.17, 15) is 9.59 Å². The number of rotatable bonds is 9. The van der Waals surface area contributed by atoms with Crippen LogP contribution in [0.3, 0.4) is 0 Å². The lowest BCUT2D eigenvalue weighted by molar-refractivity contribution is -0.121. The van der Waals surface area contributed by atoms with Gasteiger partial charge in [-0.2, -0.15) is 0 Å². The maximum absolute atomic E-state index is 12.2. The first kappa shape index (κ1) is 22.9. The summed E-state index contributed by atoms with van der Waals surface area (Å²) < 4.78 is 0. The molecule has 170 valence electrons. The number of carbonyl (C=O) groups is 2. The normalized spacial score (nSPS) is 15.7. The van der Waals surface area contributed by atoms with Gasteiger partial charge in [-0.1, -0.05) is 48.6 Å². The fraction of sp³-hybridized carbons (Fsp3) is 0.286. The monoisotopic (exact) mass is 441 g/mol. The molecule has 0 bridgehead atoms. The molecule has 3 aromatic rings. The molecule has 33 heavy (non-hydrogen) atoms. The first-order chi connectivity index (χ1) is 16.0. The number of piperazine rings is 1. The van der Waals surface area contributed by atoms with Gasteiger partial charge in [-0.05, 0) is 59.8 Å². The molecule has 1 saturated heterocycles. The number of nitrogens with one attached hydrogen (secondary N) is 1. The summed E-state index contributed by atoms with van der Waals surface area (Å²) in [5.74, 6) is -0.390. The number of hydrogen-bond donors (Lipinski definition) is 1. The van der Waals surface area contributed by atoms with Crippen LogP contribution in [0.5, 0.6) is 0 Å². The molecule has 1 fully saturated rings. The molecule has 0 atom stereocenters. The molecule has 4 rings (SSSR count). The summed E-state index contributed by atoms with van der Waals surface area (Å²) in [7, 11) is 2.17. The minimum Gasteiger partial charge on any atom is -0.361 e. The summed E-state index contributed by atoms with van der Waals surface area (Å²) in [6.45, 7) is 5.62. The largest absolute Gasteiger partial charge is 0.361 e. The Morgan fingerprint density at radius 3 is 2.27 bits per heavy atom. The molecule has 2 heterocycles. The molecule has 0 saturated carbocycles. The minimum atomic E-state index is -0.199. The molecular weight excluding hydrogens is 410 g/mol. The highest BCUT2D eigenvalue weighted by molar-refractivity contribution is 6.11. The fourth-order valence-corrected chi connectivity index (χ4v) is 3.99. The molecule has 1 aliphatic rings. The maximum Gasteiger partial charge on any atom is 0.163 e. The van der Waals surface area contributed by atoms with Crippen molar-refractivity contribution >= 4 is 34.6 Å². The molecule has 1 N–H and O–H groups in total.